The Hall–Kier alpha value is -4.03. The van der Waals surface area contributed by atoms with Gasteiger partial charge in [-0.2, -0.15) is 13.2 Å². The van der Waals surface area contributed by atoms with Crippen molar-refractivity contribution in [1.82, 2.24) is 4.57 Å². The minimum absolute atomic E-state index is 0.0150. The number of hydrogen-bond acceptors (Lipinski definition) is 4. The molecule has 9 nitrogen and oxygen atoms in total. The second kappa shape index (κ2) is 10.4. The highest BCUT2D eigenvalue weighted by Crippen LogP contribution is 2.37. The number of nitrogens with one attached hydrogen (secondary N) is 2. The number of aromatic nitrogens is 1. The van der Waals surface area contributed by atoms with Gasteiger partial charge >= 0.3 is 20.0 Å². The zero-order valence-corrected chi connectivity index (χ0v) is 20.0. The summed E-state index contributed by atoms with van der Waals surface area (Å²) in [6.45, 7) is -0.569. The van der Waals surface area contributed by atoms with Gasteiger partial charge in [0.2, 0.25) is 0 Å². The average molecular weight is 551 g/mol. The quantitative estimate of drug-likeness (QED) is 0.179. The lowest BCUT2D eigenvalue weighted by Crippen LogP contribution is -2.19. The number of hydrogen-bond donors (Lipinski definition) is 4. The molecule has 0 aliphatic carbocycles. The number of anilines is 2. The number of halogens is 4. The standard InChI is InChI=1S/C24H18F4N3O6P/c25-16-7-10-21-19(11-16)20(30-23(33)29-17-8-5-15(6-9-17)24(26,27)28)12-31(21)22(32)18-4-2-1-3-14(18)13-37-38(34,35)36/h1-12H,13H2,(H2,29,30,33)(H2,34,35,36). The van der Waals surface area contributed by atoms with Crippen LogP contribution in [0.4, 0.5) is 33.7 Å². The van der Waals surface area contributed by atoms with Crippen molar-refractivity contribution in [2.75, 3.05) is 10.6 Å². The van der Waals surface area contributed by atoms with Crippen molar-refractivity contribution in [2.45, 2.75) is 12.8 Å². The van der Waals surface area contributed by atoms with Crippen LogP contribution < -0.4 is 10.6 Å². The average Bonchev–Trinajstić information content (AvgIpc) is 3.19. The summed E-state index contributed by atoms with van der Waals surface area (Å²) in [4.78, 5) is 43.9. The van der Waals surface area contributed by atoms with Gasteiger partial charge in [-0.1, -0.05) is 18.2 Å². The van der Waals surface area contributed by atoms with Crippen LogP contribution in [0.5, 0.6) is 0 Å². The Morgan fingerprint density at radius 1 is 0.974 bits per heavy atom. The third-order valence-electron chi connectivity index (χ3n) is 5.34. The van der Waals surface area contributed by atoms with Crippen molar-refractivity contribution >= 4 is 42.0 Å². The molecule has 198 valence electrons. The maximum atomic E-state index is 14.0. The SMILES string of the molecule is O=C(Nc1ccc(C(F)(F)F)cc1)Nc1cn(C(=O)c2ccccc2COP(=O)(O)O)c2ccc(F)cc12. The Balaban J connectivity index is 1.63. The Labute approximate surface area is 211 Å². The summed E-state index contributed by atoms with van der Waals surface area (Å²) in [6.07, 6.45) is -3.32. The van der Waals surface area contributed by atoms with Crippen LogP contribution in [0.25, 0.3) is 10.9 Å². The molecule has 0 radical (unpaired) electrons. The van der Waals surface area contributed by atoms with Crippen LogP contribution in [-0.4, -0.2) is 26.3 Å². The highest BCUT2D eigenvalue weighted by Gasteiger charge is 2.30. The minimum Gasteiger partial charge on any atom is -0.308 e. The van der Waals surface area contributed by atoms with E-state index in [2.05, 4.69) is 15.2 Å². The van der Waals surface area contributed by atoms with E-state index in [1.165, 1.54) is 36.5 Å². The zero-order chi connectivity index (χ0) is 27.7. The maximum absolute atomic E-state index is 14.0. The van der Waals surface area contributed by atoms with E-state index in [0.29, 0.717) is 0 Å². The molecule has 0 atom stereocenters. The van der Waals surface area contributed by atoms with Gasteiger partial charge in [-0.15, -0.1) is 0 Å². The van der Waals surface area contributed by atoms with Crippen molar-refractivity contribution in [1.29, 1.82) is 0 Å². The van der Waals surface area contributed by atoms with Gasteiger partial charge in [0.25, 0.3) is 5.91 Å². The number of urea groups is 1. The third kappa shape index (κ3) is 6.26. The van der Waals surface area contributed by atoms with Crippen LogP contribution in [0.3, 0.4) is 0 Å². The summed E-state index contributed by atoms with van der Waals surface area (Å²) < 4.78 is 69.1. The number of nitrogens with zero attached hydrogens (tertiary/aromatic N) is 1. The summed E-state index contributed by atoms with van der Waals surface area (Å²) in [7, 11) is -4.82. The molecule has 0 aliphatic rings. The number of phosphoric ester groups is 1. The molecule has 3 aromatic carbocycles. The van der Waals surface area contributed by atoms with Crippen LogP contribution in [0.2, 0.25) is 0 Å². The van der Waals surface area contributed by atoms with E-state index in [0.717, 1.165) is 41.0 Å². The molecule has 0 unspecified atom stereocenters. The fourth-order valence-corrected chi connectivity index (χ4v) is 3.94. The van der Waals surface area contributed by atoms with Gasteiger partial charge in [-0.05, 0) is 54.1 Å². The van der Waals surface area contributed by atoms with Crippen molar-refractivity contribution in [3.05, 3.63) is 95.4 Å². The molecular formula is C24H18F4N3O6P. The van der Waals surface area contributed by atoms with Gasteiger partial charge < -0.3 is 20.4 Å². The number of fused-ring (bicyclic) bond motifs is 1. The second-order valence-corrected chi connectivity index (χ2v) is 9.19. The molecule has 0 aliphatic heterocycles. The first-order chi connectivity index (χ1) is 17.8. The van der Waals surface area contributed by atoms with Gasteiger partial charge in [0, 0.05) is 22.8 Å². The van der Waals surface area contributed by atoms with Crippen LogP contribution in [-0.2, 0) is 21.9 Å². The first kappa shape index (κ1) is 27.0. The molecule has 0 bridgehead atoms. The first-order valence-electron chi connectivity index (χ1n) is 10.7. The Kier molecular flexibility index (Phi) is 7.38. The third-order valence-corrected chi connectivity index (χ3v) is 5.81. The molecular weight excluding hydrogens is 533 g/mol. The van der Waals surface area contributed by atoms with E-state index in [-0.39, 0.29) is 33.4 Å². The zero-order valence-electron chi connectivity index (χ0n) is 19.1. The molecule has 4 rings (SSSR count). The van der Waals surface area contributed by atoms with E-state index in [1.807, 2.05) is 0 Å². The van der Waals surface area contributed by atoms with Crippen molar-refractivity contribution < 1.29 is 46.0 Å². The minimum atomic E-state index is -4.82. The number of rotatable bonds is 6. The normalized spacial score (nSPS) is 11.9. The van der Waals surface area contributed by atoms with Crippen LogP contribution in [0.15, 0.2) is 72.9 Å². The summed E-state index contributed by atoms with van der Waals surface area (Å²) in [5, 5.41) is 4.96. The first-order valence-corrected chi connectivity index (χ1v) is 12.2. The maximum Gasteiger partial charge on any atom is 0.469 e. The number of amides is 2. The van der Waals surface area contributed by atoms with E-state index in [1.54, 1.807) is 0 Å². The van der Waals surface area contributed by atoms with Crippen LogP contribution in [0, 0.1) is 5.82 Å². The molecule has 38 heavy (non-hydrogen) atoms. The predicted octanol–water partition coefficient (Wildman–Crippen LogP) is 5.74. The Morgan fingerprint density at radius 3 is 2.32 bits per heavy atom. The predicted molar refractivity (Wildman–Crippen MR) is 129 cm³/mol. The van der Waals surface area contributed by atoms with Gasteiger partial charge in [-0.3, -0.25) is 13.9 Å². The fourth-order valence-electron chi connectivity index (χ4n) is 3.64. The van der Waals surface area contributed by atoms with E-state index >= 15 is 0 Å². The molecule has 2 amide bonds. The molecule has 0 fully saturated rings. The second-order valence-electron chi connectivity index (χ2n) is 7.95. The summed E-state index contributed by atoms with van der Waals surface area (Å²) in [6, 6.07) is 12.2. The lowest BCUT2D eigenvalue weighted by atomic mass is 10.1. The molecule has 1 aromatic heterocycles. The smallest absolute Gasteiger partial charge is 0.308 e. The molecule has 4 aromatic rings. The van der Waals surface area contributed by atoms with Crippen LogP contribution >= 0.6 is 7.82 Å². The summed E-state index contributed by atoms with van der Waals surface area (Å²) in [5.41, 5.74) is -0.428. The largest absolute Gasteiger partial charge is 0.469 e. The molecule has 0 spiro atoms. The summed E-state index contributed by atoms with van der Waals surface area (Å²) in [5.74, 6) is -1.33. The molecule has 1 heterocycles. The van der Waals surface area contributed by atoms with Gasteiger partial charge in [0.05, 0.1) is 23.4 Å². The molecule has 0 saturated heterocycles. The van der Waals surface area contributed by atoms with Crippen molar-refractivity contribution in [3.63, 3.8) is 0 Å². The lowest BCUT2D eigenvalue weighted by molar-refractivity contribution is -0.137. The number of benzene rings is 3. The summed E-state index contributed by atoms with van der Waals surface area (Å²) >= 11 is 0. The van der Waals surface area contributed by atoms with E-state index < -0.39 is 43.9 Å². The fraction of sp³-hybridized carbons (Fsp3) is 0.0833. The number of alkyl halides is 3. The topological polar surface area (TPSA) is 130 Å². The molecule has 14 heteroatoms. The highest BCUT2D eigenvalue weighted by atomic mass is 31.2. The van der Waals surface area contributed by atoms with Gasteiger partial charge in [0.1, 0.15) is 5.82 Å². The monoisotopic (exact) mass is 551 g/mol. The number of phosphoric acid groups is 1. The Morgan fingerprint density at radius 2 is 1.66 bits per heavy atom. The number of carbonyl (C=O) groups excluding carboxylic acids is 2. The lowest BCUT2D eigenvalue weighted by Gasteiger charge is -2.11. The van der Waals surface area contributed by atoms with Crippen LogP contribution in [0.1, 0.15) is 21.5 Å². The van der Waals surface area contributed by atoms with Crippen molar-refractivity contribution in [3.8, 4) is 0 Å². The number of carbonyl (C=O) groups is 2. The van der Waals surface area contributed by atoms with E-state index in [9.17, 15) is 31.7 Å². The Bertz CT molecular complexity index is 1560. The highest BCUT2D eigenvalue weighted by molar-refractivity contribution is 7.46. The van der Waals surface area contributed by atoms with Crippen molar-refractivity contribution in [2.24, 2.45) is 0 Å². The molecule has 0 saturated carbocycles. The van der Waals surface area contributed by atoms with E-state index in [4.69, 9.17) is 9.79 Å². The van der Waals surface area contributed by atoms with Gasteiger partial charge in [-0.25, -0.2) is 13.8 Å². The van der Waals surface area contributed by atoms with Gasteiger partial charge in [0.15, 0.2) is 0 Å². The molecule has 4 N–H and O–H groups in total.